The number of carbonyl (C=O) groups excluding carboxylic acids is 1. The van der Waals surface area contributed by atoms with Crippen LogP contribution in [0.2, 0.25) is 0 Å². The number of hydrogen-bond acceptors (Lipinski definition) is 4. The molecule has 20 heavy (non-hydrogen) atoms. The molecule has 0 aliphatic heterocycles. The predicted octanol–water partition coefficient (Wildman–Crippen LogP) is 0.503. The quantitative estimate of drug-likeness (QED) is 0.652. The third-order valence-corrected chi connectivity index (χ3v) is 2.72. The molecule has 0 fully saturated rings. The summed E-state index contributed by atoms with van der Waals surface area (Å²) in [6.45, 7) is 0.198. The first-order valence-corrected chi connectivity index (χ1v) is 5.98. The molecule has 1 aromatic carbocycles. The maximum atomic E-state index is 11.9. The van der Waals surface area contributed by atoms with Gasteiger partial charge in [-0.1, -0.05) is 24.3 Å². The lowest BCUT2D eigenvalue weighted by molar-refractivity contribution is 0.0950. The van der Waals surface area contributed by atoms with Gasteiger partial charge in [0.25, 0.3) is 11.5 Å². The Labute approximate surface area is 114 Å². The van der Waals surface area contributed by atoms with Gasteiger partial charge in [0.1, 0.15) is 0 Å². The fraction of sp³-hybridized carbons (Fsp3) is 0.143. The van der Waals surface area contributed by atoms with Crippen LogP contribution in [-0.4, -0.2) is 21.1 Å². The smallest absolute Gasteiger partial charge is 0.251 e. The van der Waals surface area contributed by atoms with Crippen molar-refractivity contribution in [3.8, 4) is 5.88 Å². The van der Waals surface area contributed by atoms with Gasteiger partial charge in [0, 0.05) is 18.7 Å². The van der Waals surface area contributed by atoms with Crippen molar-refractivity contribution in [1.82, 2.24) is 10.3 Å². The predicted molar refractivity (Wildman–Crippen MR) is 72.3 cm³/mol. The highest BCUT2D eigenvalue weighted by molar-refractivity contribution is 5.94. The lowest BCUT2D eigenvalue weighted by Crippen LogP contribution is -2.24. The molecule has 0 saturated carbocycles. The third kappa shape index (κ3) is 3.46. The van der Waals surface area contributed by atoms with Crippen molar-refractivity contribution in [2.24, 2.45) is 0 Å². The molecule has 0 radical (unpaired) electrons. The van der Waals surface area contributed by atoms with E-state index in [9.17, 15) is 14.7 Å². The Morgan fingerprint density at radius 1 is 1.20 bits per heavy atom. The molecule has 0 aliphatic rings. The molecule has 0 unspecified atom stereocenters. The van der Waals surface area contributed by atoms with Crippen LogP contribution >= 0.6 is 0 Å². The van der Waals surface area contributed by atoms with Gasteiger partial charge in [-0.25, -0.2) is 0 Å². The summed E-state index contributed by atoms with van der Waals surface area (Å²) in [6.07, 6.45) is 0. The summed E-state index contributed by atoms with van der Waals surface area (Å²) >= 11 is 0. The van der Waals surface area contributed by atoms with Crippen LogP contribution in [0.5, 0.6) is 5.88 Å². The molecule has 0 spiro atoms. The molecule has 104 valence electrons. The number of aliphatic hydroxyl groups is 1. The number of pyridine rings is 1. The summed E-state index contributed by atoms with van der Waals surface area (Å²) in [4.78, 5) is 25.1. The summed E-state index contributed by atoms with van der Waals surface area (Å²) in [5.74, 6) is -0.814. The molecule has 0 atom stereocenters. The van der Waals surface area contributed by atoms with Crippen molar-refractivity contribution in [2.45, 2.75) is 13.2 Å². The van der Waals surface area contributed by atoms with Crippen LogP contribution in [0.3, 0.4) is 0 Å². The van der Waals surface area contributed by atoms with Crippen molar-refractivity contribution in [3.63, 3.8) is 0 Å². The summed E-state index contributed by atoms with van der Waals surface area (Å²) in [6, 6.07) is 9.44. The van der Waals surface area contributed by atoms with E-state index in [0.717, 1.165) is 17.2 Å². The number of carbonyl (C=O) groups is 1. The second-order valence-electron chi connectivity index (χ2n) is 4.28. The van der Waals surface area contributed by atoms with Gasteiger partial charge in [-0.15, -0.1) is 0 Å². The van der Waals surface area contributed by atoms with Gasteiger partial charge < -0.3 is 15.5 Å². The largest absolute Gasteiger partial charge is 0.494 e. The number of hydrogen-bond donors (Lipinski definition) is 4. The minimum atomic E-state index is -0.544. The van der Waals surface area contributed by atoms with E-state index in [0.29, 0.717) is 0 Å². The van der Waals surface area contributed by atoms with Crippen LogP contribution in [0.1, 0.15) is 21.5 Å². The molecule has 2 aromatic rings. The molecule has 1 amide bonds. The van der Waals surface area contributed by atoms with Gasteiger partial charge in [0.15, 0.2) is 5.88 Å². The first-order chi connectivity index (χ1) is 9.58. The first-order valence-electron chi connectivity index (χ1n) is 5.98. The standard InChI is InChI=1S/C14H14N2O4/c17-8-10-3-1-2-9(4-10)7-15-14(20)11-5-12(18)16-13(19)6-11/h1-6,17H,7-8H2,(H,15,20)(H2,16,18,19). The number of aromatic amines is 1. The molecule has 6 heteroatoms. The summed E-state index contributed by atoms with van der Waals surface area (Å²) < 4.78 is 0. The van der Waals surface area contributed by atoms with Crippen LogP contribution < -0.4 is 10.9 Å². The lowest BCUT2D eigenvalue weighted by atomic mass is 10.1. The number of H-pyrrole nitrogens is 1. The maximum absolute atomic E-state index is 11.9. The van der Waals surface area contributed by atoms with Crippen molar-refractivity contribution < 1.29 is 15.0 Å². The van der Waals surface area contributed by atoms with Gasteiger partial charge >= 0.3 is 0 Å². The number of rotatable bonds is 4. The molecule has 6 nitrogen and oxygen atoms in total. The number of aromatic nitrogens is 1. The zero-order valence-corrected chi connectivity index (χ0v) is 10.6. The minimum Gasteiger partial charge on any atom is -0.494 e. The van der Waals surface area contributed by atoms with E-state index < -0.39 is 11.5 Å². The van der Waals surface area contributed by atoms with E-state index in [-0.39, 0.29) is 24.6 Å². The van der Waals surface area contributed by atoms with Crippen molar-refractivity contribution in [1.29, 1.82) is 0 Å². The zero-order chi connectivity index (χ0) is 14.5. The summed E-state index contributed by atoms with van der Waals surface area (Å²) in [5, 5.41) is 20.9. The van der Waals surface area contributed by atoms with Gasteiger partial charge in [0.2, 0.25) is 0 Å². The Balaban J connectivity index is 2.06. The Morgan fingerprint density at radius 2 is 1.95 bits per heavy atom. The zero-order valence-electron chi connectivity index (χ0n) is 10.6. The average Bonchev–Trinajstić information content (AvgIpc) is 2.44. The molecule has 0 bridgehead atoms. The number of benzene rings is 1. The summed E-state index contributed by atoms with van der Waals surface area (Å²) in [7, 11) is 0. The van der Waals surface area contributed by atoms with E-state index >= 15 is 0 Å². The molecule has 1 aromatic heterocycles. The van der Waals surface area contributed by atoms with E-state index in [1.165, 1.54) is 6.07 Å². The molecular formula is C14H14N2O4. The number of nitrogens with one attached hydrogen (secondary N) is 2. The molecular weight excluding hydrogens is 260 g/mol. The van der Waals surface area contributed by atoms with Crippen molar-refractivity contribution in [3.05, 3.63) is 63.4 Å². The van der Waals surface area contributed by atoms with Crippen LogP contribution in [0.15, 0.2) is 41.2 Å². The Hall–Kier alpha value is -2.60. The van der Waals surface area contributed by atoms with Crippen molar-refractivity contribution in [2.75, 3.05) is 0 Å². The van der Waals surface area contributed by atoms with Crippen LogP contribution in [0.25, 0.3) is 0 Å². The van der Waals surface area contributed by atoms with E-state index in [4.69, 9.17) is 5.11 Å². The third-order valence-electron chi connectivity index (χ3n) is 2.72. The monoisotopic (exact) mass is 274 g/mol. The van der Waals surface area contributed by atoms with Crippen LogP contribution in [-0.2, 0) is 13.2 Å². The molecule has 0 saturated heterocycles. The second-order valence-corrected chi connectivity index (χ2v) is 4.28. The van der Waals surface area contributed by atoms with E-state index in [1.54, 1.807) is 18.2 Å². The highest BCUT2D eigenvalue weighted by Gasteiger charge is 2.08. The topological polar surface area (TPSA) is 102 Å². The normalized spacial score (nSPS) is 10.2. The fourth-order valence-electron chi connectivity index (χ4n) is 1.78. The number of aromatic hydroxyl groups is 1. The van der Waals surface area contributed by atoms with Gasteiger partial charge in [-0.2, -0.15) is 0 Å². The van der Waals surface area contributed by atoms with E-state index in [1.807, 2.05) is 6.07 Å². The molecule has 2 rings (SSSR count). The Bertz CT molecular complexity index is 679. The highest BCUT2D eigenvalue weighted by Crippen LogP contribution is 2.07. The highest BCUT2D eigenvalue weighted by atomic mass is 16.3. The molecule has 1 heterocycles. The Kier molecular flexibility index (Phi) is 4.17. The molecule has 4 N–H and O–H groups in total. The number of aliphatic hydroxyl groups excluding tert-OH is 1. The van der Waals surface area contributed by atoms with Crippen LogP contribution in [0, 0.1) is 0 Å². The number of amides is 1. The van der Waals surface area contributed by atoms with Gasteiger partial charge in [0.05, 0.1) is 12.2 Å². The summed E-state index contributed by atoms with van der Waals surface area (Å²) in [5.41, 5.74) is 1.13. The maximum Gasteiger partial charge on any atom is 0.251 e. The van der Waals surface area contributed by atoms with Crippen LogP contribution in [0.4, 0.5) is 0 Å². The molecule has 0 aliphatic carbocycles. The van der Waals surface area contributed by atoms with E-state index in [2.05, 4.69) is 10.3 Å². The minimum absolute atomic E-state index is 0.0658. The van der Waals surface area contributed by atoms with Crippen molar-refractivity contribution >= 4 is 5.91 Å². The first kappa shape index (κ1) is 13.8. The fourth-order valence-corrected chi connectivity index (χ4v) is 1.78. The average molecular weight is 274 g/mol. The second kappa shape index (κ2) is 6.03. The van der Waals surface area contributed by atoms with Gasteiger partial charge in [-0.05, 0) is 11.1 Å². The lowest BCUT2D eigenvalue weighted by Gasteiger charge is -2.06. The SMILES string of the molecule is O=C(NCc1cccc(CO)c1)c1cc(O)[nH]c(=O)c1. The Morgan fingerprint density at radius 3 is 2.65 bits per heavy atom. The van der Waals surface area contributed by atoms with Gasteiger partial charge in [-0.3, -0.25) is 14.6 Å².